The Morgan fingerprint density at radius 3 is 2.00 bits per heavy atom. The molecule has 0 aromatic heterocycles. The van der Waals surface area contributed by atoms with Crippen LogP contribution in [0.1, 0.15) is 67.2 Å². The van der Waals surface area contributed by atoms with Gasteiger partial charge in [-0.3, -0.25) is 14.7 Å². The van der Waals surface area contributed by atoms with Gasteiger partial charge in [-0.25, -0.2) is 0 Å². The summed E-state index contributed by atoms with van der Waals surface area (Å²) in [6, 6.07) is 2.10. The number of hydrogen-bond donors (Lipinski definition) is 0. The van der Waals surface area contributed by atoms with Gasteiger partial charge in [0.05, 0.1) is 0 Å². The molecule has 3 nitrogen and oxygen atoms in total. The molecule has 0 N–H and O–H groups in total. The first-order valence-corrected chi connectivity index (χ1v) is 10.8. The van der Waals surface area contributed by atoms with Gasteiger partial charge >= 0.3 is 0 Å². The smallest absolute Gasteiger partial charge is 0.0168 e. The fraction of sp³-hybridized carbons (Fsp3) is 0.909. The average Bonchev–Trinajstić information content (AvgIpc) is 2.85. The molecule has 0 amide bonds. The van der Waals surface area contributed by atoms with E-state index in [4.69, 9.17) is 0 Å². The third-order valence-electron chi connectivity index (χ3n) is 6.58. The van der Waals surface area contributed by atoms with Gasteiger partial charge in [0.15, 0.2) is 0 Å². The van der Waals surface area contributed by atoms with Crippen LogP contribution in [-0.2, 0) is 0 Å². The molecule has 1 fully saturated rings. The predicted molar refractivity (Wildman–Crippen MR) is 110 cm³/mol. The normalized spacial score (nSPS) is 24.4. The van der Waals surface area contributed by atoms with E-state index in [1.165, 1.54) is 58.4 Å². The molecule has 146 valence electrons. The van der Waals surface area contributed by atoms with Crippen LogP contribution in [0.5, 0.6) is 0 Å². The first kappa shape index (κ1) is 20.9. The Kier molecular flexibility index (Phi) is 8.44. The molecular weight excluding hydrogens is 306 g/mol. The van der Waals surface area contributed by atoms with Crippen molar-refractivity contribution in [2.45, 2.75) is 85.4 Å². The van der Waals surface area contributed by atoms with E-state index in [0.717, 1.165) is 18.5 Å². The van der Waals surface area contributed by atoms with Crippen LogP contribution in [0.3, 0.4) is 0 Å². The molecule has 0 bridgehead atoms. The highest BCUT2D eigenvalue weighted by Crippen LogP contribution is 2.25. The molecular formula is C22H43N3. The summed E-state index contributed by atoms with van der Waals surface area (Å²) in [5, 5.41) is 0. The van der Waals surface area contributed by atoms with Crippen LogP contribution in [0.2, 0.25) is 0 Å². The maximum atomic E-state index is 2.74. The molecule has 25 heavy (non-hydrogen) atoms. The highest BCUT2D eigenvalue weighted by atomic mass is 15.2. The van der Waals surface area contributed by atoms with E-state index in [1.54, 1.807) is 5.57 Å². The van der Waals surface area contributed by atoms with Crippen molar-refractivity contribution in [2.75, 3.05) is 39.3 Å². The Morgan fingerprint density at radius 1 is 0.760 bits per heavy atom. The second-order valence-corrected chi connectivity index (χ2v) is 8.96. The second-order valence-electron chi connectivity index (χ2n) is 8.96. The highest BCUT2D eigenvalue weighted by Gasteiger charge is 2.22. The molecule has 0 aromatic rings. The molecule has 0 spiro atoms. The van der Waals surface area contributed by atoms with Crippen molar-refractivity contribution in [3.05, 3.63) is 11.6 Å². The van der Waals surface area contributed by atoms with Crippen LogP contribution < -0.4 is 0 Å². The van der Waals surface area contributed by atoms with Gasteiger partial charge in [0.25, 0.3) is 0 Å². The second kappa shape index (κ2) is 10.1. The zero-order valence-corrected chi connectivity index (χ0v) is 17.8. The van der Waals surface area contributed by atoms with Crippen LogP contribution in [0.25, 0.3) is 0 Å². The van der Waals surface area contributed by atoms with Gasteiger partial charge in [-0.05, 0) is 79.3 Å². The minimum absolute atomic E-state index is 0.682. The standard InChI is InChI=1S/C22H43N3/c1-18(2)23-12-7-13-25(17-16-23)21(6)9-8-20(5)22-10-14-24(15-11-22)19(3)4/h10,18-21H,7-9,11-17H2,1-6H3. The first-order chi connectivity index (χ1) is 11.9. The van der Waals surface area contributed by atoms with E-state index >= 15 is 0 Å². The van der Waals surface area contributed by atoms with E-state index in [1.807, 2.05) is 0 Å². The molecule has 2 aliphatic rings. The number of rotatable bonds is 7. The van der Waals surface area contributed by atoms with Crippen molar-refractivity contribution in [1.82, 2.24) is 14.7 Å². The molecule has 0 radical (unpaired) electrons. The van der Waals surface area contributed by atoms with Crippen LogP contribution >= 0.6 is 0 Å². The van der Waals surface area contributed by atoms with Gasteiger partial charge in [-0.2, -0.15) is 0 Å². The lowest BCUT2D eigenvalue weighted by molar-refractivity contribution is 0.184. The maximum Gasteiger partial charge on any atom is 0.0168 e. The van der Waals surface area contributed by atoms with Gasteiger partial charge in [-0.15, -0.1) is 0 Å². The van der Waals surface area contributed by atoms with Crippen molar-refractivity contribution in [1.29, 1.82) is 0 Å². The number of hydrogen-bond acceptors (Lipinski definition) is 3. The lowest BCUT2D eigenvalue weighted by Crippen LogP contribution is -2.38. The quantitative estimate of drug-likeness (QED) is 0.636. The highest BCUT2D eigenvalue weighted by molar-refractivity contribution is 5.10. The summed E-state index contributed by atoms with van der Waals surface area (Å²) in [7, 11) is 0. The van der Waals surface area contributed by atoms with Gasteiger partial charge in [-0.1, -0.05) is 18.6 Å². The lowest BCUT2D eigenvalue weighted by Gasteiger charge is -2.32. The molecule has 0 saturated carbocycles. The van der Waals surface area contributed by atoms with Crippen molar-refractivity contribution in [3.63, 3.8) is 0 Å². The largest absolute Gasteiger partial charge is 0.300 e. The third kappa shape index (κ3) is 6.37. The van der Waals surface area contributed by atoms with Crippen molar-refractivity contribution < 1.29 is 0 Å². The Bertz CT molecular complexity index is 415. The Labute approximate surface area is 157 Å². The maximum absolute atomic E-state index is 2.74. The van der Waals surface area contributed by atoms with Gasteiger partial charge in [0.1, 0.15) is 0 Å². The SMILES string of the molecule is CC(CCC(C)N1CCCN(C(C)C)CC1)C1=CCN(C(C)C)CC1. The summed E-state index contributed by atoms with van der Waals surface area (Å²) in [6.45, 7) is 21.6. The predicted octanol–water partition coefficient (Wildman–Crippen LogP) is 4.25. The van der Waals surface area contributed by atoms with Crippen LogP contribution in [0, 0.1) is 5.92 Å². The summed E-state index contributed by atoms with van der Waals surface area (Å²) in [6.07, 6.45) is 7.81. The molecule has 1 saturated heterocycles. The molecule has 2 atom stereocenters. The van der Waals surface area contributed by atoms with Gasteiger partial charge < -0.3 is 0 Å². The summed E-state index contributed by atoms with van der Waals surface area (Å²) in [5.41, 5.74) is 1.71. The molecule has 2 unspecified atom stereocenters. The van der Waals surface area contributed by atoms with Crippen molar-refractivity contribution in [2.24, 2.45) is 5.92 Å². The summed E-state index contributed by atoms with van der Waals surface area (Å²) >= 11 is 0. The molecule has 2 rings (SSSR count). The zero-order chi connectivity index (χ0) is 18.4. The minimum Gasteiger partial charge on any atom is -0.300 e. The van der Waals surface area contributed by atoms with Gasteiger partial charge in [0, 0.05) is 44.3 Å². The summed E-state index contributed by atoms with van der Waals surface area (Å²) < 4.78 is 0. The Balaban J connectivity index is 1.75. The summed E-state index contributed by atoms with van der Waals surface area (Å²) in [5.74, 6) is 0.760. The lowest BCUT2D eigenvalue weighted by atomic mass is 9.89. The molecule has 2 aliphatic heterocycles. The van der Waals surface area contributed by atoms with E-state index < -0.39 is 0 Å². The summed E-state index contributed by atoms with van der Waals surface area (Å²) in [4.78, 5) is 7.96. The van der Waals surface area contributed by atoms with Crippen molar-refractivity contribution in [3.8, 4) is 0 Å². The average molecular weight is 350 g/mol. The molecule has 0 aromatic carbocycles. The number of nitrogens with zero attached hydrogens (tertiary/aromatic N) is 3. The minimum atomic E-state index is 0.682. The monoisotopic (exact) mass is 349 g/mol. The van der Waals surface area contributed by atoms with E-state index in [0.29, 0.717) is 12.1 Å². The fourth-order valence-electron chi connectivity index (χ4n) is 4.39. The fourth-order valence-corrected chi connectivity index (χ4v) is 4.39. The van der Waals surface area contributed by atoms with E-state index in [-0.39, 0.29) is 0 Å². The van der Waals surface area contributed by atoms with Gasteiger partial charge in [0.2, 0.25) is 0 Å². The zero-order valence-electron chi connectivity index (χ0n) is 17.8. The molecule has 2 heterocycles. The molecule has 3 heteroatoms. The third-order valence-corrected chi connectivity index (χ3v) is 6.58. The Hall–Kier alpha value is -0.380. The van der Waals surface area contributed by atoms with Crippen LogP contribution in [0.4, 0.5) is 0 Å². The topological polar surface area (TPSA) is 9.72 Å². The van der Waals surface area contributed by atoms with Crippen LogP contribution in [-0.4, -0.2) is 72.1 Å². The van der Waals surface area contributed by atoms with E-state index in [9.17, 15) is 0 Å². The van der Waals surface area contributed by atoms with Crippen LogP contribution in [0.15, 0.2) is 11.6 Å². The molecule has 0 aliphatic carbocycles. The van der Waals surface area contributed by atoms with Crippen molar-refractivity contribution >= 4 is 0 Å². The Morgan fingerprint density at radius 2 is 1.40 bits per heavy atom. The first-order valence-electron chi connectivity index (χ1n) is 10.8. The van der Waals surface area contributed by atoms with E-state index in [2.05, 4.69) is 62.3 Å².